The van der Waals surface area contributed by atoms with Crippen LogP contribution in [0.1, 0.15) is 19.8 Å². The molecule has 1 aliphatic rings. The van der Waals surface area contributed by atoms with Crippen LogP contribution in [0.5, 0.6) is 5.75 Å². The Morgan fingerprint density at radius 1 is 1.10 bits per heavy atom. The third kappa shape index (κ3) is 2.48. The maximum absolute atomic E-state index is 12.3. The summed E-state index contributed by atoms with van der Waals surface area (Å²) in [5, 5.41) is 2.18. The largest absolute Gasteiger partial charge is 0.480 e. The third-order valence-corrected chi connectivity index (χ3v) is 3.82. The molecule has 104 valence electrons. The smallest absolute Gasteiger partial charge is 0.263 e. The quantitative estimate of drug-likeness (QED) is 0.856. The molecule has 3 nitrogen and oxygen atoms in total. The first kappa shape index (κ1) is 13.0. The zero-order chi connectivity index (χ0) is 13.9. The molecule has 1 saturated heterocycles. The molecule has 2 aromatic carbocycles. The van der Waals surface area contributed by atoms with Gasteiger partial charge in [-0.05, 0) is 31.2 Å². The molecule has 0 aliphatic carbocycles. The molecular weight excluding hydrogens is 250 g/mol. The molecule has 3 rings (SSSR count). The number of carbonyl (C=O) groups excluding carboxylic acids is 1. The fourth-order valence-corrected chi connectivity index (χ4v) is 2.73. The lowest BCUT2D eigenvalue weighted by Gasteiger charge is -2.21. The molecule has 20 heavy (non-hydrogen) atoms. The number of likely N-dealkylation sites (tertiary alicyclic amines) is 1. The Morgan fingerprint density at radius 2 is 1.80 bits per heavy atom. The Kier molecular flexibility index (Phi) is 3.59. The average Bonchev–Trinajstić information content (AvgIpc) is 3.01. The van der Waals surface area contributed by atoms with Gasteiger partial charge in [-0.15, -0.1) is 0 Å². The number of hydrogen-bond acceptors (Lipinski definition) is 2. The minimum atomic E-state index is -0.432. The maximum Gasteiger partial charge on any atom is 0.263 e. The van der Waals surface area contributed by atoms with Gasteiger partial charge in [0.25, 0.3) is 5.91 Å². The Labute approximate surface area is 119 Å². The topological polar surface area (TPSA) is 29.5 Å². The summed E-state index contributed by atoms with van der Waals surface area (Å²) in [4.78, 5) is 14.2. The van der Waals surface area contributed by atoms with E-state index in [0.717, 1.165) is 42.5 Å². The molecule has 1 aliphatic heterocycles. The van der Waals surface area contributed by atoms with Crippen LogP contribution >= 0.6 is 0 Å². The van der Waals surface area contributed by atoms with Gasteiger partial charge in [-0.1, -0.05) is 36.4 Å². The van der Waals surface area contributed by atoms with Crippen LogP contribution in [0.2, 0.25) is 0 Å². The zero-order valence-corrected chi connectivity index (χ0v) is 11.7. The van der Waals surface area contributed by atoms with Crippen molar-refractivity contribution in [1.82, 2.24) is 4.90 Å². The summed E-state index contributed by atoms with van der Waals surface area (Å²) >= 11 is 0. The normalized spacial score (nSPS) is 16.4. The number of rotatable bonds is 3. The Hall–Kier alpha value is -2.03. The SMILES string of the molecule is CC(Oc1cccc2ccccc12)C(=O)N1CCCC1. The molecule has 1 atom stereocenters. The van der Waals surface area contributed by atoms with E-state index in [0.29, 0.717) is 0 Å². The van der Waals surface area contributed by atoms with Gasteiger partial charge in [-0.2, -0.15) is 0 Å². The van der Waals surface area contributed by atoms with Gasteiger partial charge >= 0.3 is 0 Å². The molecule has 0 saturated carbocycles. The van der Waals surface area contributed by atoms with Crippen LogP contribution in [0.15, 0.2) is 42.5 Å². The first-order valence-electron chi connectivity index (χ1n) is 7.19. The van der Waals surface area contributed by atoms with Gasteiger partial charge in [0.15, 0.2) is 6.10 Å². The number of ether oxygens (including phenoxy) is 1. The number of benzene rings is 2. The molecule has 2 aromatic rings. The molecule has 0 spiro atoms. The summed E-state index contributed by atoms with van der Waals surface area (Å²) in [6.07, 6.45) is 1.78. The molecule has 0 N–H and O–H groups in total. The summed E-state index contributed by atoms with van der Waals surface area (Å²) < 4.78 is 5.91. The summed E-state index contributed by atoms with van der Waals surface area (Å²) in [5.74, 6) is 0.874. The highest BCUT2D eigenvalue weighted by Gasteiger charge is 2.24. The van der Waals surface area contributed by atoms with Crippen molar-refractivity contribution in [3.63, 3.8) is 0 Å². The van der Waals surface area contributed by atoms with Crippen LogP contribution in [-0.2, 0) is 4.79 Å². The van der Waals surface area contributed by atoms with Gasteiger partial charge in [-0.3, -0.25) is 4.79 Å². The lowest BCUT2D eigenvalue weighted by molar-refractivity contribution is -0.136. The number of hydrogen-bond donors (Lipinski definition) is 0. The molecule has 1 amide bonds. The molecule has 3 heteroatoms. The van der Waals surface area contributed by atoms with E-state index in [2.05, 4.69) is 12.1 Å². The van der Waals surface area contributed by atoms with Gasteiger partial charge < -0.3 is 9.64 Å². The van der Waals surface area contributed by atoms with Gasteiger partial charge in [-0.25, -0.2) is 0 Å². The standard InChI is InChI=1S/C17H19NO2/c1-13(17(19)18-11-4-5-12-18)20-16-10-6-8-14-7-2-3-9-15(14)16/h2-3,6-10,13H,4-5,11-12H2,1H3. The van der Waals surface area contributed by atoms with Crippen molar-refractivity contribution in [2.75, 3.05) is 13.1 Å². The highest BCUT2D eigenvalue weighted by Crippen LogP contribution is 2.26. The first-order valence-corrected chi connectivity index (χ1v) is 7.19. The fraction of sp³-hybridized carbons (Fsp3) is 0.353. The minimum absolute atomic E-state index is 0.0930. The molecule has 0 radical (unpaired) electrons. The second-order valence-corrected chi connectivity index (χ2v) is 5.27. The number of amides is 1. The Morgan fingerprint density at radius 3 is 2.60 bits per heavy atom. The molecule has 1 fully saturated rings. The van der Waals surface area contributed by atoms with Crippen molar-refractivity contribution in [3.05, 3.63) is 42.5 Å². The predicted octanol–water partition coefficient (Wildman–Crippen LogP) is 3.23. The lowest BCUT2D eigenvalue weighted by Crippen LogP contribution is -2.38. The highest BCUT2D eigenvalue weighted by atomic mass is 16.5. The van der Waals surface area contributed by atoms with Crippen molar-refractivity contribution in [1.29, 1.82) is 0 Å². The second-order valence-electron chi connectivity index (χ2n) is 5.27. The van der Waals surface area contributed by atoms with Crippen LogP contribution in [0.3, 0.4) is 0 Å². The molecule has 1 unspecified atom stereocenters. The van der Waals surface area contributed by atoms with Crippen LogP contribution in [0.25, 0.3) is 10.8 Å². The molecule has 1 heterocycles. The van der Waals surface area contributed by atoms with E-state index in [1.165, 1.54) is 0 Å². The Balaban J connectivity index is 1.80. The van der Waals surface area contributed by atoms with Crippen LogP contribution in [0.4, 0.5) is 0 Å². The number of fused-ring (bicyclic) bond motifs is 1. The van der Waals surface area contributed by atoms with Crippen molar-refractivity contribution < 1.29 is 9.53 Å². The van der Waals surface area contributed by atoms with E-state index in [1.54, 1.807) is 0 Å². The summed E-state index contributed by atoms with van der Waals surface area (Å²) in [5.41, 5.74) is 0. The van der Waals surface area contributed by atoms with E-state index in [-0.39, 0.29) is 5.91 Å². The summed E-state index contributed by atoms with van der Waals surface area (Å²) in [6.45, 7) is 3.56. The van der Waals surface area contributed by atoms with E-state index < -0.39 is 6.10 Å². The van der Waals surface area contributed by atoms with Crippen molar-refractivity contribution in [2.24, 2.45) is 0 Å². The van der Waals surface area contributed by atoms with E-state index in [1.807, 2.05) is 42.2 Å². The predicted molar refractivity (Wildman–Crippen MR) is 79.9 cm³/mol. The minimum Gasteiger partial charge on any atom is -0.480 e. The Bertz CT molecular complexity index is 612. The van der Waals surface area contributed by atoms with Crippen LogP contribution in [0, 0.1) is 0 Å². The fourth-order valence-electron chi connectivity index (χ4n) is 2.73. The van der Waals surface area contributed by atoms with Crippen LogP contribution in [-0.4, -0.2) is 30.0 Å². The number of nitrogens with zero attached hydrogens (tertiary/aromatic N) is 1. The van der Waals surface area contributed by atoms with E-state index in [9.17, 15) is 4.79 Å². The van der Waals surface area contributed by atoms with E-state index >= 15 is 0 Å². The van der Waals surface area contributed by atoms with E-state index in [4.69, 9.17) is 4.74 Å². The van der Waals surface area contributed by atoms with Crippen LogP contribution < -0.4 is 4.74 Å². The highest BCUT2D eigenvalue weighted by molar-refractivity contribution is 5.89. The third-order valence-electron chi connectivity index (χ3n) is 3.82. The van der Waals surface area contributed by atoms with Gasteiger partial charge in [0.05, 0.1) is 0 Å². The molecule has 0 bridgehead atoms. The monoisotopic (exact) mass is 269 g/mol. The average molecular weight is 269 g/mol. The summed E-state index contributed by atoms with van der Waals surface area (Å²) in [6, 6.07) is 14.0. The van der Waals surface area contributed by atoms with Gasteiger partial charge in [0.1, 0.15) is 5.75 Å². The van der Waals surface area contributed by atoms with Gasteiger partial charge in [0.2, 0.25) is 0 Å². The summed E-state index contributed by atoms with van der Waals surface area (Å²) in [7, 11) is 0. The molecule has 0 aromatic heterocycles. The van der Waals surface area contributed by atoms with Crippen molar-refractivity contribution in [3.8, 4) is 5.75 Å². The van der Waals surface area contributed by atoms with Crippen molar-refractivity contribution in [2.45, 2.75) is 25.9 Å². The zero-order valence-electron chi connectivity index (χ0n) is 11.7. The van der Waals surface area contributed by atoms with Gasteiger partial charge in [0, 0.05) is 18.5 Å². The number of carbonyl (C=O) groups is 1. The lowest BCUT2D eigenvalue weighted by atomic mass is 10.1. The van der Waals surface area contributed by atoms with Crippen molar-refractivity contribution >= 4 is 16.7 Å². The maximum atomic E-state index is 12.3. The second kappa shape index (κ2) is 5.53. The molecular formula is C17H19NO2. The first-order chi connectivity index (χ1) is 9.75.